The Morgan fingerprint density at radius 1 is 1.53 bits per heavy atom. The Labute approximate surface area is 96.8 Å². The van der Waals surface area contributed by atoms with E-state index in [9.17, 15) is 9.90 Å². The second-order valence-corrected chi connectivity index (χ2v) is 4.60. The highest BCUT2D eigenvalue weighted by molar-refractivity contribution is 9.10. The Morgan fingerprint density at radius 3 is 2.87 bits per heavy atom. The zero-order valence-corrected chi connectivity index (χ0v) is 9.99. The van der Waals surface area contributed by atoms with Crippen molar-refractivity contribution >= 4 is 27.5 Å². The number of hydrogen-bond donors (Lipinski definition) is 1. The minimum atomic E-state index is -0.532. The average molecular weight is 270 g/mol. The minimum absolute atomic E-state index is 0.0105. The molecule has 1 N–H and O–H groups in total. The van der Waals surface area contributed by atoms with Gasteiger partial charge in [-0.25, -0.2) is 0 Å². The lowest BCUT2D eigenvalue weighted by molar-refractivity contribution is -0.117. The summed E-state index contributed by atoms with van der Waals surface area (Å²) in [7, 11) is 0. The molecule has 1 aromatic rings. The number of carbonyl (C=O) groups excluding carboxylic acids is 1. The van der Waals surface area contributed by atoms with Crippen molar-refractivity contribution in [1.82, 2.24) is 0 Å². The number of benzene rings is 1. The van der Waals surface area contributed by atoms with E-state index in [1.807, 2.05) is 25.1 Å². The second kappa shape index (κ2) is 3.94. The molecule has 1 saturated heterocycles. The van der Waals surface area contributed by atoms with Crippen molar-refractivity contribution in [2.45, 2.75) is 19.4 Å². The number of carbonyl (C=O) groups is 1. The van der Waals surface area contributed by atoms with Gasteiger partial charge in [0, 0.05) is 10.2 Å². The monoisotopic (exact) mass is 269 g/mol. The molecule has 1 unspecified atom stereocenters. The van der Waals surface area contributed by atoms with Gasteiger partial charge in [-0.05, 0) is 24.6 Å². The summed E-state index contributed by atoms with van der Waals surface area (Å²) in [6.45, 7) is 2.35. The van der Waals surface area contributed by atoms with E-state index in [1.165, 1.54) is 0 Å². The Hall–Kier alpha value is -0.870. The van der Waals surface area contributed by atoms with Crippen molar-refractivity contribution in [3.63, 3.8) is 0 Å². The summed E-state index contributed by atoms with van der Waals surface area (Å²) in [4.78, 5) is 13.2. The molecule has 3 nitrogen and oxygen atoms in total. The van der Waals surface area contributed by atoms with Crippen LogP contribution >= 0.6 is 15.9 Å². The summed E-state index contributed by atoms with van der Waals surface area (Å²) in [5.74, 6) is -0.0105. The van der Waals surface area contributed by atoms with Gasteiger partial charge in [-0.2, -0.15) is 0 Å². The number of anilines is 1. The highest BCUT2D eigenvalue weighted by atomic mass is 79.9. The molecule has 0 saturated carbocycles. The summed E-state index contributed by atoms with van der Waals surface area (Å²) < 4.78 is 0.981. The van der Waals surface area contributed by atoms with Gasteiger partial charge in [0.1, 0.15) is 0 Å². The summed E-state index contributed by atoms with van der Waals surface area (Å²) in [6.07, 6.45) is -0.303. The van der Waals surface area contributed by atoms with Crippen molar-refractivity contribution in [3.05, 3.63) is 28.2 Å². The van der Waals surface area contributed by atoms with Crippen molar-refractivity contribution < 1.29 is 9.90 Å². The molecule has 1 amide bonds. The molecule has 80 valence electrons. The quantitative estimate of drug-likeness (QED) is 0.846. The second-order valence-electron chi connectivity index (χ2n) is 3.75. The standard InChI is InChI=1S/C11H12BrNO2/c1-7-9(12)3-2-4-10(7)13-6-8(14)5-11(13)15/h2-4,8,14H,5-6H2,1H3. The molecule has 0 radical (unpaired) electrons. The lowest BCUT2D eigenvalue weighted by atomic mass is 10.2. The van der Waals surface area contributed by atoms with Crippen LogP contribution in [0, 0.1) is 6.92 Å². The maximum Gasteiger partial charge on any atom is 0.229 e. The third-order valence-electron chi connectivity index (χ3n) is 2.63. The molecule has 0 bridgehead atoms. The number of halogens is 1. The van der Waals surface area contributed by atoms with Gasteiger partial charge in [-0.15, -0.1) is 0 Å². The van der Waals surface area contributed by atoms with E-state index in [4.69, 9.17) is 0 Å². The first-order valence-electron chi connectivity index (χ1n) is 4.83. The van der Waals surface area contributed by atoms with E-state index >= 15 is 0 Å². The summed E-state index contributed by atoms with van der Waals surface area (Å²) in [5, 5.41) is 9.42. The van der Waals surface area contributed by atoms with Gasteiger partial charge in [0.15, 0.2) is 0 Å². The van der Waals surface area contributed by atoms with Crippen LogP contribution in [-0.2, 0) is 4.79 Å². The third-order valence-corrected chi connectivity index (χ3v) is 3.49. The molecular formula is C11H12BrNO2. The molecule has 0 spiro atoms. The number of amides is 1. The van der Waals surface area contributed by atoms with Crippen molar-refractivity contribution in [2.75, 3.05) is 11.4 Å². The molecule has 1 aromatic carbocycles. The molecule has 15 heavy (non-hydrogen) atoms. The van der Waals surface area contributed by atoms with Crippen LogP contribution in [-0.4, -0.2) is 23.7 Å². The molecule has 0 aliphatic carbocycles. The third kappa shape index (κ3) is 1.92. The van der Waals surface area contributed by atoms with E-state index in [0.717, 1.165) is 15.7 Å². The normalized spacial score (nSPS) is 21.1. The number of aliphatic hydroxyl groups is 1. The van der Waals surface area contributed by atoms with Crippen LogP contribution in [0.15, 0.2) is 22.7 Å². The molecule has 4 heteroatoms. The molecule has 2 rings (SSSR count). The van der Waals surface area contributed by atoms with Crippen LogP contribution in [0.3, 0.4) is 0 Å². The highest BCUT2D eigenvalue weighted by Crippen LogP contribution is 2.29. The Bertz CT molecular complexity index is 406. The molecular weight excluding hydrogens is 258 g/mol. The first-order valence-corrected chi connectivity index (χ1v) is 5.62. The van der Waals surface area contributed by atoms with Crippen molar-refractivity contribution in [2.24, 2.45) is 0 Å². The number of rotatable bonds is 1. The van der Waals surface area contributed by atoms with Gasteiger partial charge in [-0.1, -0.05) is 22.0 Å². The van der Waals surface area contributed by atoms with Crippen LogP contribution in [0.1, 0.15) is 12.0 Å². The number of β-amino-alcohol motifs (C(OH)–C–C–N with tert-alkyl or cyclic N) is 1. The van der Waals surface area contributed by atoms with E-state index in [1.54, 1.807) is 4.90 Å². The fourth-order valence-electron chi connectivity index (χ4n) is 1.81. The zero-order valence-electron chi connectivity index (χ0n) is 8.40. The first-order chi connectivity index (χ1) is 7.09. The summed E-state index contributed by atoms with van der Waals surface area (Å²) in [5.41, 5.74) is 1.91. The Morgan fingerprint density at radius 2 is 2.27 bits per heavy atom. The van der Waals surface area contributed by atoms with Crippen LogP contribution in [0.2, 0.25) is 0 Å². The number of aliphatic hydroxyl groups excluding tert-OH is 1. The van der Waals surface area contributed by atoms with Crippen LogP contribution in [0.5, 0.6) is 0 Å². The van der Waals surface area contributed by atoms with Gasteiger partial charge < -0.3 is 10.0 Å². The smallest absolute Gasteiger partial charge is 0.229 e. The van der Waals surface area contributed by atoms with E-state index in [0.29, 0.717) is 6.54 Å². The lowest BCUT2D eigenvalue weighted by Crippen LogP contribution is -2.26. The van der Waals surface area contributed by atoms with E-state index < -0.39 is 6.10 Å². The highest BCUT2D eigenvalue weighted by Gasteiger charge is 2.29. The van der Waals surface area contributed by atoms with Gasteiger partial charge in [0.05, 0.1) is 19.1 Å². The Balaban J connectivity index is 2.38. The van der Waals surface area contributed by atoms with Gasteiger partial charge in [0.2, 0.25) is 5.91 Å². The van der Waals surface area contributed by atoms with Crippen LogP contribution in [0.4, 0.5) is 5.69 Å². The summed E-state index contributed by atoms with van der Waals surface area (Å²) in [6, 6.07) is 5.73. The van der Waals surface area contributed by atoms with Crippen LogP contribution in [0.25, 0.3) is 0 Å². The number of nitrogens with zero attached hydrogens (tertiary/aromatic N) is 1. The average Bonchev–Trinajstić information content (AvgIpc) is 2.50. The summed E-state index contributed by atoms with van der Waals surface area (Å²) >= 11 is 3.43. The molecule has 1 fully saturated rings. The van der Waals surface area contributed by atoms with E-state index in [2.05, 4.69) is 15.9 Å². The van der Waals surface area contributed by atoms with Gasteiger partial charge in [-0.3, -0.25) is 4.79 Å². The molecule has 0 aromatic heterocycles. The predicted molar refractivity (Wildman–Crippen MR) is 61.9 cm³/mol. The zero-order chi connectivity index (χ0) is 11.0. The molecule has 1 atom stereocenters. The maximum atomic E-state index is 11.6. The van der Waals surface area contributed by atoms with Crippen molar-refractivity contribution in [1.29, 1.82) is 0 Å². The first kappa shape index (κ1) is 10.6. The van der Waals surface area contributed by atoms with Gasteiger partial charge >= 0.3 is 0 Å². The lowest BCUT2D eigenvalue weighted by Gasteiger charge is -2.18. The molecule has 1 aliphatic rings. The number of hydrogen-bond acceptors (Lipinski definition) is 2. The molecule has 1 aliphatic heterocycles. The fourth-order valence-corrected chi connectivity index (χ4v) is 2.17. The predicted octanol–water partition coefficient (Wildman–Crippen LogP) is 1.86. The fraction of sp³-hybridized carbons (Fsp3) is 0.364. The minimum Gasteiger partial charge on any atom is -0.391 e. The Kier molecular flexibility index (Phi) is 2.80. The topological polar surface area (TPSA) is 40.5 Å². The maximum absolute atomic E-state index is 11.6. The van der Waals surface area contributed by atoms with Gasteiger partial charge in [0.25, 0.3) is 0 Å². The largest absolute Gasteiger partial charge is 0.391 e. The SMILES string of the molecule is Cc1c(Br)cccc1N1CC(O)CC1=O. The van der Waals surface area contributed by atoms with Crippen LogP contribution < -0.4 is 4.90 Å². The van der Waals surface area contributed by atoms with Crippen molar-refractivity contribution in [3.8, 4) is 0 Å². The molecule has 1 heterocycles. The van der Waals surface area contributed by atoms with E-state index in [-0.39, 0.29) is 12.3 Å².